The molecule has 0 heterocycles. The number of hydrogen-bond donors (Lipinski definition) is 2. The summed E-state index contributed by atoms with van der Waals surface area (Å²) in [5.74, 6) is 0. The zero-order chi connectivity index (χ0) is 6.41. The van der Waals surface area contributed by atoms with Crippen LogP contribution in [-0.4, -0.2) is 31.0 Å². The lowest BCUT2D eigenvalue weighted by molar-refractivity contribution is 0.0261. The van der Waals surface area contributed by atoms with E-state index in [2.05, 4.69) is 0 Å². The maximum absolute atomic E-state index is 8.45. The average Bonchev–Trinajstić information content (AvgIpc) is 1.83. The molecule has 0 aliphatic carbocycles. The molecule has 0 amide bonds. The molecular formula is C5H13NO2. The summed E-state index contributed by atoms with van der Waals surface area (Å²) in [4.78, 5) is 0. The van der Waals surface area contributed by atoms with Gasteiger partial charge in [-0.2, -0.15) is 0 Å². The van der Waals surface area contributed by atoms with Crippen molar-refractivity contribution in [2.24, 2.45) is 5.73 Å². The number of aliphatic hydroxyl groups excluding tert-OH is 1. The second-order valence-electron chi connectivity index (χ2n) is 1.50. The normalized spacial score (nSPS) is 13.9. The predicted octanol–water partition coefficient (Wildman–Crippen LogP) is -0.658. The fourth-order valence-electron chi connectivity index (χ4n) is 0.431. The van der Waals surface area contributed by atoms with E-state index < -0.39 is 0 Å². The highest BCUT2D eigenvalue weighted by atomic mass is 16.5. The van der Waals surface area contributed by atoms with Gasteiger partial charge in [-0.3, -0.25) is 0 Å². The summed E-state index contributed by atoms with van der Waals surface area (Å²) in [6, 6.07) is 0. The zero-order valence-corrected chi connectivity index (χ0v) is 5.13. The molecule has 0 aromatic rings. The zero-order valence-electron chi connectivity index (χ0n) is 5.13. The SMILES string of the molecule is CCOC(CN)CO. The van der Waals surface area contributed by atoms with Gasteiger partial charge in [0.2, 0.25) is 0 Å². The topological polar surface area (TPSA) is 55.5 Å². The summed E-state index contributed by atoms with van der Waals surface area (Å²) in [5.41, 5.74) is 5.18. The molecule has 0 spiro atoms. The third-order valence-corrected chi connectivity index (χ3v) is 0.869. The molecule has 0 saturated heterocycles. The Bertz CT molecular complexity index is 45.7. The molecule has 1 atom stereocenters. The van der Waals surface area contributed by atoms with E-state index in [9.17, 15) is 0 Å². The first-order valence-corrected chi connectivity index (χ1v) is 2.77. The van der Waals surface area contributed by atoms with Gasteiger partial charge < -0.3 is 15.6 Å². The van der Waals surface area contributed by atoms with Gasteiger partial charge in [0.15, 0.2) is 0 Å². The highest BCUT2D eigenvalue weighted by Crippen LogP contribution is 1.84. The van der Waals surface area contributed by atoms with Gasteiger partial charge >= 0.3 is 0 Å². The van der Waals surface area contributed by atoms with Crippen molar-refractivity contribution in [3.8, 4) is 0 Å². The number of rotatable bonds is 4. The molecule has 0 radical (unpaired) electrons. The first-order valence-electron chi connectivity index (χ1n) is 2.77. The molecule has 0 saturated carbocycles. The molecular weight excluding hydrogens is 106 g/mol. The van der Waals surface area contributed by atoms with Crippen LogP contribution in [0.25, 0.3) is 0 Å². The summed E-state index contributed by atoms with van der Waals surface area (Å²) in [7, 11) is 0. The molecule has 0 aromatic carbocycles. The quantitative estimate of drug-likeness (QED) is 0.516. The minimum absolute atomic E-state index is 0.0182. The standard InChI is InChI=1S/C5H13NO2/c1-2-8-5(3-6)4-7/h5,7H,2-4,6H2,1H3. The Kier molecular flexibility index (Phi) is 4.95. The van der Waals surface area contributed by atoms with Crippen molar-refractivity contribution in [3.63, 3.8) is 0 Å². The van der Waals surface area contributed by atoms with Gasteiger partial charge in [-0.15, -0.1) is 0 Å². The van der Waals surface area contributed by atoms with Gasteiger partial charge in [-0.25, -0.2) is 0 Å². The third kappa shape index (κ3) is 2.96. The van der Waals surface area contributed by atoms with Crippen molar-refractivity contribution in [1.82, 2.24) is 0 Å². The summed E-state index contributed by atoms with van der Waals surface area (Å²) in [5, 5.41) is 8.45. The van der Waals surface area contributed by atoms with Crippen LogP contribution in [0.5, 0.6) is 0 Å². The average molecular weight is 119 g/mol. The lowest BCUT2D eigenvalue weighted by atomic mass is 10.4. The molecule has 3 N–H and O–H groups in total. The van der Waals surface area contributed by atoms with E-state index in [-0.39, 0.29) is 12.7 Å². The van der Waals surface area contributed by atoms with E-state index in [1.807, 2.05) is 6.92 Å². The largest absolute Gasteiger partial charge is 0.394 e. The van der Waals surface area contributed by atoms with Crippen molar-refractivity contribution in [1.29, 1.82) is 0 Å². The Morgan fingerprint density at radius 2 is 2.38 bits per heavy atom. The van der Waals surface area contributed by atoms with Gasteiger partial charge in [0, 0.05) is 13.2 Å². The smallest absolute Gasteiger partial charge is 0.0927 e. The maximum atomic E-state index is 8.45. The Labute approximate surface area is 49.4 Å². The van der Waals surface area contributed by atoms with E-state index in [0.29, 0.717) is 13.2 Å². The number of hydrogen-bond acceptors (Lipinski definition) is 3. The number of aliphatic hydroxyl groups is 1. The Morgan fingerprint density at radius 3 is 2.50 bits per heavy atom. The molecule has 0 fully saturated rings. The monoisotopic (exact) mass is 119 g/mol. The number of nitrogens with two attached hydrogens (primary N) is 1. The Hall–Kier alpha value is -0.120. The molecule has 8 heavy (non-hydrogen) atoms. The van der Waals surface area contributed by atoms with Crippen molar-refractivity contribution in [2.45, 2.75) is 13.0 Å². The van der Waals surface area contributed by atoms with Gasteiger partial charge in [-0.1, -0.05) is 0 Å². The van der Waals surface area contributed by atoms with Gasteiger partial charge in [0.1, 0.15) is 0 Å². The van der Waals surface area contributed by atoms with Crippen LogP contribution in [0.2, 0.25) is 0 Å². The fraction of sp³-hybridized carbons (Fsp3) is 1.00. The van der Waals surface area contributed by atoms with Gasteiger partial charge in [0.25, 0.3) is 0 Å². The van der Waals surface area contributed by atoms with Crippen LogP contribution in [0, 0.1) is 0 Å². The first kappa shape index (κ1) is 7.88. The molecule has 3 heteroatoms. The number of ether oxygens (including phenoxy) is 1. The van der Waals surface area contributed by atoms with Crippen LogP contribution in [-0.2, 0) is 4.74 Å². The highest BCUT2D eigenvalue weighted by Gasteiger charge is 2.00. The highest BCUT2D eigenvalue weighted by molar-refractivity contribution is 4.53. The van der Waals surface area contributed by atoms with Crippen LogP contribution in [0.3, 0.4) is 0 Å². The second kappa shape index (κ2) is 5.03. The molecule has 1 unspecified atom stereocenters. The molecule has 0 aliphatic rings. The van der Waals surface area contributed by atoms with Crippen molar-refractivity contribution in [2.75, 3.05) is 19.8 Å². The molecule has 0 rings (SSSR count). The summed E-state index contributed by atoms with van der Waals surface area (Å²) >= 11 is 0. The second-order valence-corrected chi connectivity index (χ2v) is 1.50. The van der Waals surface area contributed by atoms with Gasteiger partial charge in [-0.05, 0) is 6.92 Å². The van der Waals surface area contributed by atoms with E-state index in [1.165, 1.54) is 0 Å². The molecule has 50 valence electrons. The Morgan fingerprint density at radius 1 is 1.75 bits per heavy atom. The summed E-state index contributed by atoms with van der Waals surface area (Å²) in [6.07, 6.45) is -0.167. The molecule has 3 nitrogen and oxygen atoms in total. The van der Waals surface area contributed by atoms with Crippen LogP contribution >= 0.6 is 0 Å². The summed E-state index contributed by atoms with van der Waals surface area (Å²) < 4.78 is 4.97. The first-order chi connectivity index (χ1) is 3.85. The van der Waals surface area contributed by atoms with Crippen LogP contribution in [0.1, 0.15) is 6.92 Å². The van der Waals surface area contributed by atoms with E-state index >= 15 is 0 Å². The Balaban J connectivity index is 3.07. The summed E-state index contributed by atoms with van der Waals surface area (Å²) in [6.45, 7) is 2.90. The van der Waals surface area contributed by atoms with Crippen LogP contribution < -0.4 is 5.73 Å². The van der Waals surface area contributed by atoms with Gasteiger partial charge in [0.05, 0.1) is 12.7 Å². The predicted molar refractivity (Wildman–Crippen MR) is 31.6 cm³/mol. The van der Waals surface area contributed by atoms with E-state index in [0.717, 1.165) is 0 Å². The minimum atomic E-state index is -0.167. The maximum Gasteiger partial charge on any atom is 0.0927 e. The van der Waals surface area contributed by atoms with E-state index in [4.69, 9.17) is 15.6 Å². The lowest BCUT2D eigenvalue weighted by Crippen LogP contribution is -2.27. The van der Waals surface area contributed by atoms with Crippen molar-refractivity contribution < 1.29 is 9.84 Å². The molecule has 0 aromatic heterocycles. The lowest BCUT2D eigenvalue weighted by Gasteiger charge is -2.09. The van der Waals surface area contributed by atoms with Crippen LogP contribution in [0.4, 0.5) is 0 Å². The van der Waals surface area contributed by atoms with Crippen LogP contribution in [0.15, 0.2) is 0 Å². The van der Waals surface area contributed by atoms with Crippen molar-refractivity contribution >= 4 is 0 Å². The molecule has 0 aliphatic heterocycles. The minimum Gasteiger partial charge on any atom is -0.394 e. The third-order valence-electron chi connectivity index (χ3n) is 0.869. The van der Waals surface area contributed by atoms with Crippen molar-refractivity contribution in [3.05, 3.63) is 0 Å². The molecule has 0 bridgehead atoms. The fourth-order valence-corrected chi connectivity index (χ4v) is 0.431. The van der Waals surface area contributed by atoms with E-state index in [1.54, 1.807) is 0 Å².